The van der Waals surface area contributed by atoms with Gasteiger partial charge in [0.05, 0.1) is 0 Å². The highest BCUT2D eigenvalue weighted by atomic mass is 32.2. The topological polar surface area (TPSA) is 93.6 Å². The number of nitrogens with two attached hydrogens (primary N) is 1. The van der Waals surface area contributed by atoms with Gasteiger partial charge >= 0.3 is 0 Å². The number of sulfonamides is 1. The molecule has 2 N–H and O–H groups in total. The summed E-state index contributed by atoms with van der Waals surface area (Å²) in [7, 11) is -4.02. The molecule has 3 heterocycles. The molecule has 0 bridgehead atoms. The quantitative estimate of drug-likeness (QED) is 0.902. The molecule has 0 aromatic carbocycles. The molecule has 0 spiro atoms. The van der Waals surface area contributed by atoms with Crippen molar-refractivity contribution in [1.29, 1.82) is 0 Å². The number of rotatable bonds is 2. The molecule has 6 nitrogen and oxygen atoms in total. The Balaban J connectivity index is 2.01. The predicted octanol–water partition coefficient (Wildman–Crippen LogP) is 1.80. The Morgan fingerprint density at radius 3 is 2.77 bits per heavy atom. The van der Waals surface area contributed by atoms with Crippen molar-refractivity contribution in [3.63, 3.8) is 0 Å². The average Bonchev–Trinajstić information content (AvgIpc) is 3.00. The number of hydrogen-bond donors (Lipinski definition) is 1. The number of primary sulfonamides is 1. The lowest BCUT2D eigenvalue weighted by molar-refractivity contribution is 0.0730. The second kappa shape index (κ2) is 5.22. The van der Waals surface area contributed by atoms with Crippen LogP contribution < -0.4 is 5.14 Å². The zero-order chi connectivity index (χ0) is 16.1. The molecule has 0 aliphatic carbocycles. The number of hydrogen-bond acceptors (Lipinski definition) is 5. The zero-order valence-electron chi connectivity index (χ0n) is 12.3. The second-order valence-corrected chi connectivity index (χ2v) is 7.81. The first-order valence-corrected chi connectivity index (χ1v) is 9.19. The Morgan fingerprint density at radius 2 is 2.09 bits per heavy atom. The summed E-state index contributed by atoms with van der Waals surface area (Å²) in [6.45, 7) is 4.11. The van der Waals surface area contributed by atoms with E-state index < -0.39 is 10.0 Å². The minimum absolute atomic E-state index is 0.0543. The SMILES string of the molecule is Cc1oc(C)c(S(N)(=O)=O)c1C(=O)N1CCc2sccc2C1. The van der Waals surface area contributed by atoms with Gasteiger partial charge < -0.3 is 9.32 Å². The molecule has 2 aromatic heterocycles. The maximum absolute atomic E-state index is 12.8. The van der Waals surface area contributed by atoms with Crippen LogP contribution in [-0.2, 0) is 23.0 Å². The molecule has 0 atom stereocenters. The molecule has 118 valence electrons. The first kappa shape index (κ1) is 15.3. The molecule has 22 heavy (non-hydrogen) atoms. The minimum atomic E-state index is -4.02. The molecule has 8 heteroatoms. The summed E-state index contributed by atoms with van der Waals surface area (Å²) in [5.74, 6) is 0.0782. The summed E-state index contributed by atoms with van der Waals surface area (Å²) in [4.78, 5) is 15.5. The fourth-order valence-corrected chi connectivity index (χ4v) is 4.68. The van der Waals surface area contributed by atoms with Crippen LogP contribution in [0, 0.1) is 13.8 Å². The smallest absolute Gasteiger partial charge is 0.259 e. The monoisotopic (exact) mass is 340 g/mol. The molecule has 2 aromatic rings. The van der Waals surface area contributed by atoms with Gasteiger partial charge in [0.1, 0.15) is 22.0 Å². The molecule has 1 aliphatic rings. The highest BCUT2D eigenvalue weighted by Gasteiger charge is 2.32. The van der Waals surface area contributed by atoms with Crippen molar-refractivity contribution in [2.45, 2.75) is 31.7 Å². The number of carbonyl (C=O) groups is 1. The van der Waals surface area contributed by atoms with E-state index in [4.69, 9.17) is 9.56 Å². The van der Waals surface area contributed by atoms with Gasteiger partial charge in [-0.1, -0.05) is 0 Å². The maximum atomic E-state index is 12.8. The predicted molar refractivity (Wildman–Crippen MR) is 82.3 cm³/mol. The molecule has 3 rings (SSSR count). The van der Waals surface area contributed by atoms with Crippen LogP contribution in [0.2, 0.25) is 0 Å². The van der Waals surface area contributed by atoms with Crippen LogP contribution in [0.1, 0.15) is 32.3 Å². The number of thiophene rings is 1. The summed E-state index contributed by atoms with van der Waals surface area (Å²) in [6, 6.07) is 1.99. The van der Waals surface area contributed by atoms with Crippen LogP contribution in [0.15, 0.2) is 20.8 Å². The Hall–Kier alpha value is -1.64. The van der Waals surface area contributed by atoms with E-state index in [-0.39, 0.29) is 27.9 Å². The van der Waals surface area contributed by atoms with Crippen molar-refractivity contribution >= 4 is 27.3 Å². The average molecular weight is 340 g/mol. The van der Waals surface area contributed by atoms with E-state index in [2.05, 4.69) is 0 Å². The van der Waals surface area contributed by atoms with Gasteiger partial charge in [0.25, 0.3) is 5.91 Å². The number of furan rings is 1. The maximum Gasteiger partial charge on any atom is 0.259 e. The van der Waals surface area contributed by atoms with Crippen LogP contribution in [0.25, 0.3) is 0 Å². The largest absolute Gasteiger partial charge is 0.464 e. The van der Waals surface area contributed by atoms with Crippen molar-refractivity contribution in [2.75, 3.05) is 6.54 Å². The van der Waals surface area contributed by atoms with E-state index in [9.17, 15) is 13.2 Å². The highest BCUT2D eigenvalue weighted by Crippen LogP contribution is 2.30. The minimum Gasteiger partial charge on any atom is -0.464 e. The van der Waals surface area contributed by atoms with Gasteiger partial charge in [-0.25, -0.2) is 13.6 Å². The van der Waals surface area contributed by atoms with E-state index in [0.29, 0.717) is 13.1 Å². The van der Waals surface area contributed by atoms with Gasteiger partial charge in [-0.2, -0.15) is 0 Å². The Labute approximate surface area is 132 Å². The summed E-state index contributed by atoms with van der Waals surface area (Å²) in [6.07, 6.45) is 0.777. The van der Waals surface area contributed by atoms with Crippen molar-refractivity contribution < 1.29 is 17.6 Å². The number of amides is 1. The lowest BCUT2D eigenvalue weighted by atomic mass is 10.1. The Kier molecular flexibility index (Phi) is 3.62. The normalized spacial score (nSPS) is 15.0. The van der Waals surface area contributed by atoms with E-state index >= 15 is 0 Å². The molecule has 0 unspecified atom stereocenters. The van der Waals surface area contributed by atoms with Crippen molar-refractivity contribution in [3.8, 4) is 0 Å². The summed E-state index contributed by atoms with van der Waals surface area (Å²) in [5, 5.41) is 7.24. The van der Waals surface area contributed by atoms with Gasteiger partial charge in [0.2, 0.25) is 10.0 Å². The molecule has 0 fully saturated rings. The summed E-state index contributed by atoms with van der Waals surface area (Å²) in [5.41, 5.74) is 1.17. The standard InChI is InChI=1S/C14H16N2O4S2/c1-8-12(13(9(2)20-8)22(15,18)19)14(17)16-5-3-11-10(7-16)4-6-21-11/h4,6H,3,5,7H2,1-2H3,(H2,15,18,19). The van der Waals surface area contributed by atoms with E-state index in [1.165, 1.54) is 11.8 Å². The molecule has 0 saturated carbocycles. The third-order valence-corrected chi connectivity index (χ3v) is 5.88. The second-order valence-electron chi connectivity index (χ2n) is 5.31. The molecular weight excluding hydrogens is 324 g/mol. The third kappa shape index (κ3) is 2.47. The van der Waals surface area contributed by atoms with E-state index in [0.717, 1.165) is 12.0 Å². The van der Waals surface area contributed by atoms with E-state index in [1.54, 1.807) is 23.2 Å². The fraction of sp³-hybridized carbons (Fsp3) is 0.357. The number of nitrogens with zero attached hydrogens (tertiary/aromatic N) is 1. The third-order valence-electron chi connectivity index (χ3n) is 3.80. The van der Waals surface area contributed by atoms with Gasteiger partial charge in [-0.05, 0) is 37.3 Å². The van der Waals surface area contributed by atoms with Crippen LogP contribution in [-0.4, -0.2) is 25.8 Å². The van der Waals surface area contributed by atoms with Crippen molar-refractivity contribution in [1.82, 2.24) is 4.90 Å². The lowest BCUT2D eigenvalue weighted by Crippen LogP contribution is -2.36. The van der Waals surface area contributed by atoms with Crippen LogP contribution in [0.5, 0.6) is 0 Å². The van der Waals surface area contributed by atoms with Crippen LogP contribution in [0.4, 0.5) is 0 Å². The van der Waals surface area contributed by atoms with Gasteiger partial charge in [-0.3, -0.25) is 4.79 Å². The van der Waals surface area contributed by atoms with Gasteiger partial charge in [0.15, 0.2) is 0 Å². The van der Waals surface area contributed by atoms with Crippen LogP contribution >= 0.6 is 11.3 Å². The molecular formula is C14H16N2O4S2. The lowest BCUT2D eigenvalue weighted by Gasteiger charge is -2.27. The van der Waals surface area contributed by atoms with Gasteiger partial charge in [0, 0.05) is 18.0 Å². The molecule has 0 saturated heterocycles. The van der Waals surface area contributed by atoms with Crippen molar-refractivity contribution in [2.24, 2.45) is 5.14 Å². The summed E-state index contributed by atoms with van der Waals surface area (Å²) >= 11 is 1.68. The van der Waals surface area contributed by atoms with E-state index in [1.807, 2.05) is 11.4 Å². The molecule has 0 radical (unpaired) electrons. The highest BCUT2D eigenvalue weighted by molar-refractivity contribution is 7.89. The zero-order valence-corrected chi connectivity index (χ0v) is 13.9. The first-order chi connectivity index (χ1) is 10.3. The number of fused-ring (bicyclic) bond motifs is 1. The van der Waals surface area contributed by atoms with Crippen molar-refractivity contribution in [3.05, 3.63) is 39.0 Å². The Bertz CT molecular complexity index is 848. The first-order valence-electron chi connectivity index (χ1n) is 6.76. The summed E-state index contributed by atoms with van der Waals surface area (Å²) < 4.78 is 28.9. The molecule has 1 amide bonds. The molecule has 1 aliphatic heterocycles. The fourth-order valence-electron chi connectivity index (χ4n) is 2.83. The number of aryl methyl sites for hydroxylation is 2. The van der Waals surface area contributed by atoms with Crippen LogP contribution in [0.3, 0.4) is 0 Å². The Morgan fingerprint density at radius 1 is 1.36 bits per heavy atom. The van der Waals surface area contributed by atoms with Gasteiger partial charge in [-0.15, -0.1) is 11.3 Å². The number of carbonyl (C=O) groups excluding carboxylic acids is 1.